The van der Waals surface area contributed by atoms with Gasteiger partial charge in [-0.15, -0.1) is 10.2 Å². The molecule has 0 saturated carbocycles. The molecular weight excluding hydrogens is 460 g/mol. The fraction of sp³-hybridized carbons (Fsp3) is 0.500. The van der Waals surface area contributed by atoms with Crippen LogP contribution in [-0.4, -0.2) is 63.5 Å². The van der Waals surface area contributed by atoms with E-state index in [1.165, 1.54) is 36.6 Å². The molecule has 0 aliphatic carbocycles. The van der Waals surface area contributed by atoms with Gasteiger partial charge < -0.3 is 14.6 Å². The predicted molar refractivity (Wildman–Crippen MR) is 138 cm³/mol. The van der Waals surface area contributed by atoms with Crippen molar-refractivity contribution >= 4 is 23.6 Å². The van der Waals surface area contributed by atoms with Crippen molar-refractivity contribution in [2.45, 2.75) is 56.4 Å². The summed E-state index contributed by atoms with van der Waals surface area (Å²) < 4.78 is 7.68. The number of hydrogen-bond donors (Lipinski definition) is 1. The molecule has 1 N–H and O–H groups in total. The molecule has 5 rings (SSSR count). The topological polar surface area (TPSA) is 79.4 Å². The molecule has 2 fully saturated rings. The van der Waals surface area contributed by atoms with E-state index in [0.29, 0.717) is 12.3 Å². The number of aromatic nitrogens is 3. The monoisotopic (exact) mass is 494 g/mol. The predicted octanol–water partition coefficient (Wildman–Crippen LogP) is 3.78. The van der Waals surface area contributed by atoms with Gasteiger partial charge >= 0.3 is 0 Å². The Morgan fingerprint density at radius 1 is 0.971 bits per heavy atom. The second-order valence-electron chi connectivity index (χ2n) is 9.39. The van der Waals surface area contributed by atoms with E-state index in [9.17, 15) is 4.79 Å². The molecule has 0 spiro atoms. The van der Waals surface area contributed by atoms with Gasteiger partial charge in [0.2, 0.25) is 11.9 Å². The molecule has 35 heavy (non-hydrogen) atoms. The Kier molecular flexibility index (Phi) is 8.05. The van der Waals surface area contributed by atoms with E-state index in [1.807, 2.05) is 12.1 Å². The van der Waals surface area contributed by atoms with Gasteiger partial charge in [0.15, 0.2) is 5.16 Å². The van der Waals surface area contributed by atoms with Gasteiger partial charge in [-0.1, -0.05) is 42.1 Å². The van der Waals surface area contributed by atoms with Crippen molar-refractivity contribution in [3.63, 3.8) is 0 Å². The van der Waals surface area contributed by atoms with Gasteiger partial charge in [-0.25, -0.2) is 0 Å². The fourth-order valence-corrected chi connectivity index (χ4v) is 5.63. The van der Waals surface area contributed by atoms with Crippen LogP contribution >= 0.6 is 11.8 Å². The largest absolute Gasteiger partial charge is 0.467 e. The maximum absolute atomic E-state index is 12.8. The number of carbonyl (C=O) groups excluding carboxylic acids is 1. The third-order valence-corrected chi connectivity index (χ3v) is 7.73. The maximum atomic E-state index is 12.8. The average molecular weight is 495 g/mol. The highest BCUT2D eigenvalue weighted by atomic mass is 32.2. The van der Waals surface area contributed by atoms with Crippen LogP contribution in [-0.2, 0) is 17.9 Å². The summed E-state index contributed by atoms with van der Waals surface area (Å²) in [6.07, 6.45) is 7.25. The Morgan fingerprint density at radius 3 is 2.51 bits per heavy atom. The number of amides is 1. The van der Waals surface area contributed by atoms with E-state index in [-0.39, 0.29) is 11.9 Å². The van der Waals surface area contributed by atoms with E-state index in [4.69, 9.17) is 4.42 Å². The van der Waals surface area contributed by atoms with Crippen molar-refractivity contribution in [1.82, 2.24) is 25.0 Å². The molecule has 0 bridgehead atoms. The van der Waals surface area contributed by atoms with Gasteiger partial charge in [-0.3, -0.25) is 14.3 Å². The van der Waals surface area contributed by atoms with Crippen LogP contribution in [0, 0.1) is 0 Å². The standard InChI is InChI=1S/C26H34N6O2S/c33-24(27-22-11-15-30(16-12-22)18-21-8-3-1-4-9-21)20-35-26-29-28-25(31-13-5-2-6-14-31)32(26)19-23-10-7-17-34-23/h1,3-4,7-10,17,22H,2,5-6,11-16,18-20H2,(H,27,33). The maximum Gasteiger partial charge on any atom is 0.230 e. The Hall–Kier alpha value is -2.78. The van der Waals surface area contributed by atoms with E-state index >= 15 is 0 Å². The number of rotatable bonds is 9. The zero-order valence-electron chi connectivity index (χ0n) is 20.1. The van der Waals surface area contributed by atoms with Crippen molar-refractivity contribution in [2.75, 3.05) is 36.8 Å². The lowest BCUT2D eigenvalue weighted by Crippen LogP contribution is -2.44. The number of thioether (sulfide) groups is 1. The van der Waals surface area contributed by atoms with Crippen molar-refractivity contribution in [1.29, 1.82) is 0 Å². The lowest BCUT2D eigenvalue weighted by molar-refractivity contribution is -0.119. The number of piperidine rings is 2. The first-order valence-corrected chi connectivity index (χ1v) is 13.6. The normalized spacial score (nSPS) is 17.5. The summed E-state index contributed by atoms with van der Waals surface area (Å²) in [5, 5.41) is 12.9. The second-order valence-corrected chi connectivity index (χ2v) is 10.3. The Labute approximate surface area is 211 Å². The SMILES string of the molecule is O=C(CSc1nnc(N2CCCCC2)n1Cc1ccco1)NC1CCN(Cc2ccccc2)CC1. The number of nitrogens with zero attached hydrogens (tertiary/aromatic N) is 5. The average Bonchev–Trinajstić information content (AvgIpc) is 3.56. The third kappa shape index (κ3) is 6.46. The molecule has 0 atom stereocenters. The van der Waals surface area contributed by atoms with E-state index in [2.05, 4.69) is 60.2 Å². The Balaban J connectivity index is 1.13. The summed E-state index contributed by atoms with van der Waals surface area (Å²) in [7, 11) is 0. The Bertz CT molecular complexity index is 1060. The van der Waals surface area contributed by atoms with Gasteiger partial charge in [0.25, 0.3) is 0 Å². The summed E-state index contributed by atoms with van der Waals surface area (Å²) >= 11 is 1.45. The first kappa shape index (κ1) is 23.9. The zero-order valence-corrected chi connectivity index (χ0v) is 21.0. The summed E-state index contributed by atoms with van der Waals surface area (Å²) in [5.74, 6) is 2.12. The molecule has 186 valence electrons. The molecule has 2 aliphatic heterocycles. The molecule has 0 radical (unpaired) electrons. The van der Waals surface area contributed by atoms with Crippen LogP contribution in [0.4, 0.5) is 5.95 Å². The number of anilines is 1. The second kappa shape index (κ2) is 11.8. The lowest BCUT2D eigenvalue weighted by atomic mass is 10.0. The minimum absolute atomic E-state index is 0.0589. The molecule has 1 amide bonds. The van der Waals surface area contributed by atoms with Crippen molar-refractivity contribution < 1.29 is 9.21 Å². The summed E-state index contributed by atoms with van der Waals surface area (Å²) in [6.45, 7) is 5.53. The van der Waals surface area contributed by atoms with E-state index in [0.717, 1.165) is 62.4 Å². The highest BCUT2D eigenvalue weighted by Gasteiger charge is 2.23. The van der Waals surface area contributed by atoms with Gasteiger partial charge in [-0.2, -0.15) is 0 Å². The van der Waals surface area contributed by atoms with Gasteiger partial charge in [0, 0.05) is 38.8 Å². The summed E-state index contributed by atoms with van der Waals surface area (Å²) in [6, 6.07) is 14.7. The van der Waals surface area contributed by atoms with Gasteiger partial charge in [0.1, 0.15) is 5.76 Å². The van der Waals surface area contributed by atoms with Crippen LogP contribution in [0.15, 0.2) is 58.3 Å². The van der Waals surface area contributed by atoms with Crippen molar-refractivity contribution in [2.24, 2.45) is 0 Å². The fourth-order valence-electron chi connectivity index (χ4n) is 4.89. The molecule has 2 saturated heterocycles. The molecule has 1 aromatic carbocycles. The first-order valence-electron chi connectivity index (χ1n) is 12.6. The molecule has 3 aromatic rings. The molecule has 0 unspecified atom stereocenters. The van der Waals surface area contributed by atoms with Crippen LogP contribution < -0.4 is 10.2 Å². The molecule has 2 aliphatic rings. The van der Waals surface area contributed by atoms with Gasteiger partial charge in [-0.05, 0) is 49.8 Å². The highest BCUT2D eigenvalue weighted by molar-refractivity contribution is 7.99. The molecule has 4 heterocycles. The van der Waals surface area contributed by atoms with Crippen LogP contribution in [0.3, 0.4) is 0 Å². The minimum atomic E-state index is 0.0589. The lowest BCUT2D eigenvalue weighted by Gasteiger charge is -2.32. The molecule has 9 heteroatoms. The quantitative estimate of drug-likeness (QED) is 0.454. The highest BCUT2D eigenvalue weighted by Crippen LogP contribution is 2.26. The summed E-state index contributed by atoms with van der Waals surface area (Å²) in [4.78, 5) is 17.5. The van der Waals surface area contributed by atoms with Crippen molar-refractivity contribution in [3.8, 4) is 0 Å². The number of nitrogens with one attached hydrogen (secondary N) is 1. The molecule has 2 aromatic heterocycles. The van der Waals surface area contributed by atoms with E-state index in [1.54, 1.807) is 6.26 Å². The molecule has 8 nitrogen and oxygen atoms in total. The minimum Gasteiger partial charge on any atom is -0.467 e. The smallest absolute Gasteiger partial charge is 0.230 e. The zero-order chi connectivity index (χ0) is 23.9. The van der Waals surface area contributed by atoms with Crippen LogP contribution in [0.1, 0.15) is 43.4 Å². The third-order valence-electron chi connectivity index (χ3n) is 6.76. The number of carbonyl (C=O) groups is 1. The Morgan fingerprint density at radius 2 is 1.77 bits per heavy atom. The van der Waals surface area contributed by atoms with E-state index < -0.39 is 0 Å². The number of likely N-dealkylation sites (tertiary alicyclic amines) is 1. The molecular formula is C26H34N6O2S. The van der Waals surface area contributed by atoms with Crippen molar-refractivity contribution in [3.05, 3.63) is 60.1 Å². The van der Waals surface area contributed by atoms with Crippen LogP contribution in [0.25, 0.3) is 0 Å². The first-order chi connectivity index (χ1) is 17.2. The van der Waals surface area contributed by atoms with Gasteiger partial charge in [0.05, 0.1) is 18.6 Å². The number of benzene rings is 1. The number of furan rings is 1. The summed E-state index contributed by atoms with van der Waals surface area (Å²) in [5.41, 5.74) is 1.34. The van der Waals surface area contributed by atoms with Crippen LogP contribution in [0.2, 0.25) is 0 Å². The van der Waals surface area contributed by atoms with Crippen LogP contribution in [0.5, 0.6) is 0 Å². The number of hydrogen-bond acceptors (Lipinski definition) is 7.